The molecule has 1 aliphatic carbocycles. The van der Waals surface area contributed by atoms with E-state index in [9.17, 15) is 9.90 Å². The van der Waals surface area contributed by atoms with Crippen LogP contribution in [0.2, 0.25) is 0 Å². The SMILES string of the molecule is Cc1ccc(C(=O)[O-])c(-c2c3ccc(=[N+]4CCC4)cc-3oc3cc(N4CCC4)ccc23)c1. The molecule has 0 bridgehead atoms. The maximum absolute atomic E-state index is 12.0. The Labute approximate surface area is 186 Å². The fourth-order valence-corrected chi connectivity index (χ4v) is 4.74. The molecule has 4 aliphatic rings. The molecule has 3 aliphatic heterocycles. The van der Waals surface area contributed by atoms with Gasteiger partial charge in [-0.2, -0.15) is 0 Å². The molecule has 0 N–H and O–H groups in total. The first kappa shape index (κ1) is 19.1. The van der Waals surface area contributed by atoms with Crippen molar-refractivity contribution in [1.29, 1.82) is 0 Å². The minimum Gasteiger partial charge on any atom is -0.545 e. The van der Waals surface area contributed by atoms with Crippen molar-refractivity contribution in [2.75, 3.05) is 31.1 Å². The summed E-state index contributed by atoms with van der Waals surface area (Å²) in [4.78, 5) is 14.3. The Balaban J connectivity index is 1.70. The number of carbonyl (C=O) groups is 1. The Bertz CT molecular complexity index is 1420. The topological polar surface area (TPSA) is 59.5 Å². The van der Waals surface area contributed by atoms with Crippen molar-refractivity contribution in [2.24, 2.45) is 0 Å². The molecule has 6 rings (SSSR count). The first-order valence-corrected chi connectivity index (χ1v) is 11.2. The summed E-state index contributed by atoms with van der Waals surface area (Å²) in [5.74, 6) is -0.403. The molecule has 3 heterocycles. The van der Waals surface area contributed by atoms with Crippen LogP contribution in [0.3, 0.4) is 0 Å². The van der Waals surface area contributed by atoms with E-state index in [0.717, 1.165) is 70.6 Å². The predicted molar refractivity (Wildman–Crippen MR) is 124 cm³/mol. The van der Waals surface area contributed by atoms with Crippen molar-refractivity contribution >= 4 is 22.6 Å². The summed E-state index contributed by atoms with van der Waals surface area (Å²) < 4.78 is 8.77. The number of carboxylic acids is 1. The summed E-state index contributed by atoms with van der Waals surface area (Å²) in [5, 5.41) is 14.1. The molecule has 2 aromatic carbocycles. The van der Waals surface area contributed by atoms with Crippen molar-refractivity contribution in [3.05, 3.63) is 71.1 Å². The highest BCUT2D eigenvalue weighted by Crippen LogP contribution is 2.42. The van der Waals surface area contributed by atoms with E-state index in [1.54, 1.807) is 6.07 Å². The second-order valence-electron chi connectivity index (χ2n) is 8.86. The van der Waals surface area contributed by atoms with Crippen LogP contribution in [-0.4, -0.2) is 32.1 Å². The zero-order chi connectivity index (χ0) is 21.8. The number of hydrogen-bond acceptors (Lipinski definition) is 4. The number of anilines is 1. The molecule has 2 saturated heterocycles. The number of carboxylic acid groups (broad SMARTS) is 1. The Morgan fingerprint density at radius 2 is 1.81 bits per heavy atom. The van der Waals surface area contributed by atoms with E-state index in [2.05, 4.69) is 45.9 Å². The van der Waals surface area contributed by atoms with Crippen molar-refractivity contribution in [1.82, 2.24) is 4.58 Å². The molecule has 5 nitrogen and oxygen atoms in total. The summed E-state index contributed by atoms with van der Waals surface area (Å²) >= 11 is 0. The number of hydrogen-bond donors (Lipinski definition) is 0. The summed E-state index contributed by atoms with van der Waals surface area (Å²) in [6, 6.07) is 17.9. The van der Waals surface area contributed by atoms with Crippen LogP contribution in [0.15, 0.2) is 59.0 Å². The maximum Gasteiger partial charge on any atom is 0.203 e. The van der Waals surface area contributed by atoms with Crippen molar-refractivity contribution < 1.29 is 14.3 Å². The smallest absolute Gasteiger partial charge is 0.203 e. The number of rotatable bonds is 3. The molecule has 0 radical (unpaired) electrons. The van der Waals surface area contributed by atoms with E-state index >= 15 is 0 Å². The minimum atomic E-state index is -1.17. The van der Waals surface area contributed by atoms with Crippen LogP contribution in [0.1, 0.15) is 28.8 Å². The number of aryl methyl sites for hydroxylation is 1. The molecule has 32 heavy (non-hydrogen) atoms. The van der Waals surface area contributed by atoms with Gasteiger partial charge in [-0.3, -0.25) is 0 Å². The van der Waals surface area contributed by atoms with Gasteiger partial charge in [-0.25, -0.2) is 4.58 Å². The zero-order valence-corrected chi connectivity index (χ0v) is 18.1. The highest BCUT2D eigenvalue weighted by atomic mass is 16.4. The first-order chi connectivity index (χ1) is 15.6. The number of fused-ring (bicyclic) bond motifs is 2. The maximum atomic E-state index is 12.0. The fourth-order valence-electron chi connectivity index (χ4n) is 4.74. The lowest BCUT2D eigenvalue weighted by molar-refractivity contribution is -0.254. The average Bonchev–Trinajstić information content (AvgIpc) is 2.69. The highest BCUT2D eigenvalue weighted by Gasteiger charge is 2.23. The van der Waals surface area contributed by atoms with Gasteiger partial charge in [-0.05, 0) is 37.1 Å². The van der Waals surface area contributed by atoms with Gasteiger partial charge in [-0.15, -0.1) is 0 Å². The number of aromatic carboxylic acids is 1. The Morgan fingerprint density at radius 1 is 0.969 bits per heavy atom. The predicted octanol–water partition coefficient (Wildman–Crippen LogP) is 3.26. The van der Waals surface area contributed by atoms with Gasteiger partial charge in [0.1, 0.15) is 24.4 Å². The summed E-state index contributed by atoms with van der Waals surface area (Å²) in [6.07, 6.45) is 2.41. The lowest BCUT2D eigenvalue weighted by Gasteiger charge is -2.33. The molecule has 0 aromatic heterocycles. The van der Waals surface area contributed by atoms with Crippen LogP contribution in [0, 0.1) is 6.92 Å². The lowest BCUT2D eigenvalue weighted by atomic mass is 9.89. The van der Waals surface area contributed by atoms with Gasteiger partial charge in [0.05, 0.1) is 18.5 Å². The molecule has 2 fully saturated rings. The van der Waals surface area contributed by atoms with E-state index < -0.39 is 5.97 Å². The van der Waals surface area contributed by atoms with Crippen LogP contribution in [0.25, 0.3) is 33.4 Å². The van der Waals surface area contributed by atoms with Crippen LogP contribution >= 0.6 is 0 Å². The third-order valence-electron chi connectivity index (χ3n) is 6.80. The third-order valence-corrected chi connectivity index (χ3v) is 6.80. The second-order valence-corrected chi connectivity index (χ2v) is 8.86. The largest absolute Gasteiger partial charge is 0.545 e. The zero-order valence-electron chi connectivity index (χ0n) is 18.1. The molecule has 0 spiro atoms. The van der Waals surface area contributed by atoms with Gasteiger partial charge in [0.15, 0.2) is 0 Å². The number of benzene rings is 3. The normalized spacial score (nSPS) is 15.7. The quantitative estimate of drug-likeness (QED) is 0.374. The van der Waals surface area contributed by atoms with Gasteiger partial charge in [0.2, 0.25) is 5.36 Å². The van der Waals surface area contributed by atoms with Gasteiger partial charge < -0.3 is 19.2 Å². The van der Waals surface area contributed by atoms with Crippen molar-refractivity contribution in [3.63, 3.8) is 0 Å². The van der Waals surface area contributed by atoms with E-state index in [4.69, 9.17) is 4.42 Å². The Morgan fingerprint density at radius 3 is 2.50 bits per heavy atom. The van der Waals surface area contributed by atoms with E-state index in [-0.39, 0.29) is 5.56 Å². The molecule has 2 aromatic rings. The molecule has 0 atom stereocenters. The molecule has 5 heteroatoms. The number of nitrogens with zero attached hydrogens (tertiary/aromatic N) is 2. The van der Waals surface area contributed by atoms with Gasteiger partial charge >= 0.3 is 0 Å². The monoisotopic (exact) mass is 424 g/mol. The first-order valence-electron chi connectivity index (χ1n) is 11.2. The molecular weight excluding hydrogens is 400 g/mol. The van der Waals surface area contributed by atoms with E-state index in [0.29, 0.717) is 5.56 Å². The van der Waals surface area contributed by atoms with Gasteiger partial charge in [-0.1, -0.05) is 23.8 Å². The fraction of sp³-hybridized carbons (Fsp3) is 0.259. The second kappa shape index (κ2) is 7.23. The Kier molecular flexibility index (Phi) is 4.32. The summed E-state index contributed by atoms with van der Waals surface area (Å²) in [6.45, 7) is 6.19. The molecule has 0 amide bonds. The van der Waals surface area contributed by atoms with E-state index in [1.807, 2.05) is 19.1 Å². The van der Waals surface area contributed by atoms with Gasteiger partial charge in [0.25, 0.3) is 0 Å². The van der Waals surface area contributed by atoms with Crippen molar-refractivity contribution in [3.8, 4) is 22.5 Å². The minimum absolute atomic E-state index is 0.197. The molecule has 0 saturated carbocycles. The summed E-state index contributed by atoms with van der Waals surface area (Å²) in [7, 11) is 0. The Hall–Kier alpha value is -3.60. The van der Waals surface area contributed by atoms with Crippen LogP contribution in [0.5, 0.6) is 0 Å². The van der Waals surface area contributed by atoms with Gasteiger partial charge in [0, 0.05) is 53.0 Å². The van der Waals surface area contributed by atoms with Crippen LogP contribution < -0.4 is 19.9 Å². The highest BCUT2D eigenvalue weighted by molar-refractivity contribution is 6.07. The third kappa shape index (κ3) is 3.00. The lowest BCUT2D eigenvalue weighted by Crippen LogP contribution is -2.40. The van der Waals surface area contributed by atoms with Crippen molar-refractivity contribution in [2.45, 2.75) is 19.8 Å². The summed E-state index contributed by atoms with van der Waals surface area (Å²) in [5.41, 5.74) is 5.57. The van der Waals surface area contributed by atoms with E-state index in [1.165, 1.54) is 12.8 Å². The molecule has 160 valence electrons. The molecular formula is C27H24N2O3. The average molecular weight is 425 g/mol. The molecule has 0 unspecified atom stereocenters. The number of carbonyl (C=O) groups excluding carboxylic acids is 1. The standard InChI is InChI=1S/C27H24N2O3/c1-17-4-7-20(27(30)31)23(14-17)26-21-8-5-18(28-10-2-11-28)15-24(21)32-25-16-19(6-9-22(25)26)29-12-3-13-29/h4-9,14-16H,2-3,10-13H2,1H3. The van der Waals surface area contributed by atoms with Crippen LogP contribution in [0.4, 0.5) is 5.69 Å². The van der Waals surface area contributed by atoms with Crippen LogP contribution in [-0.2, 0) is 0 Å².